The summed E-state index contributed by atoms with van der Waals surface area (Å²) >= 11 is 7.20. The van der Waals surface area contributed by atoms with E-state index >= 15 is 0 Å². The Morgan fingerprint density at radius 1 is 1.17 bits per heavy atom. The van der Waals surface area contributed by atoms with Gasteiger partial charge < -0.3 is 4.74 Å². The van der Waals surface area contributed by atoms with E-state index in [0.717, 1.165) is 16.0 Å². The van der Waals surface area contributed by atoms with Gasteiger partial charge in [-0.15, -0.1) is 5.10 Å². The summed E-state index contributed by atoms with van der Waals surface area (Å²) in [5.41, 5.74) is 0.318. The number of aromatic amines is 1. The maximum absolute atomic E-state index is 14.3. The van der Waals surface area contributed by atoms with Crippen LogP contribution in [0.3, 0.4) is 0 Å². The maximum Gasteiger partial charge on any atom is 0.348 e. The molecule has 0 unspecified atom stereocenters. The number of hydrogen-bond donors (Lipinski definition) is 2. The SMILES string of the molecule is COc1cc(-n2nc(-c3c(F)cccc3Cl)[nH]c2=O)ccc1C(=O)Nc1nc2ccc(F)cc2s1. The number of halogens is 3. The Morgan fingerprint density at radius 2 is 2.00 bits per heavy atom. The molecule has 5 rings (SSSR count). The van der Waals surface area contributed by atoms with Gasteiger partial charge in [0.25, 0.3) is 5.91 Å². The topological polar surface area (TPSA) is 102 Å². The summed E-state index contributed by atoms with van der Waals surface area (Å²) in [5, 5.41) is 7.20. The summed E-state index contributed by atoms with van der Waals surface area (Å²) in [4.78, 5) is 32.2. The highest BCUT2D eigenvalue weighted by Crippen LogP contribution is 2.30. The van der Waals surface area contributed by atoms with Crippen molar-refractivity contribution in [1.29, 1.82) is 0 Å². The van der Waals surface area contributed by atoms with Crippen LogP contribution in [0, 0.1) is 11.6 Å². The quantitative estimate of drug-likeness (QED) is 0.343. The average Bonchev–Trinajstić information content (AvgIpc) is 3.40. The van der Waals surface area contributed by atoms with Crippen molar-refractivity contribution in [1.82, 2.24) is 19.7 Å². The van der Waals surface area contributed by atoms with Crippen LogP contribution in [-0.2, 0) is 0 Å². The Morgan fingerprint density at radius 3 is 2.77 bits per heavy atom. The van der Waals surface area contributed by atoms with E-state index in [1.165, 1.54) is 61.7 Å². The van der Waals surface area contributed by atoms with Gasteiger partial charge in [0.1, 0.15) is 17.4 Å². The van der Waals surface area contributed by atoms with E-state index in [4.69, 9.17) is 16.3 Å². The molecular weight excluding hydrogens is 500 g/mol. The zero-order valence-corrected chi connectivity index (χ0v) is 19.4. The number of nitrogens with one attached hydrogen (secondary N) is 2. The van der Waals surface area contributed by atoms with Gasteiger partial charge >= 0.3 is 5.69 Å². The van der Waals surface area contributed by atoms with Crippen molar-refractivity contribution >= 4 is 44.2 Å². The van der Waals surface area contributed by atoms with Gasteiger partial charge in [-0.2, -0.15) is 4.68 Å². The predicted molar refractivity (Wildman–Crippen MR) is 129 cm³/mol. The first kappa shape index (κ1) is 22.7. The van der Waals surface area contributed by atoms with E-state index in [9.17, 15) is 18.4 Å². The van der Waals surface area contributed by atoms with E-state index in [-0.39, 0.29) is 38.5 Å². The Bertz CT molecular complexity index is 1640. The molecule has 0 aliphatic rings. The fourth-order valence-electron chi connectivity index (χ4n) is 3.45. The second-order valence-electron chi connectivity index (χ2n) is 7.26. The molecule has 5 aromatic rings. The fraction of sp³-hybridized carbons (Fsp3) is 0.0435. The molecule has 2 aromatic heterocycles. The monoisotopic (exact) mass is 513 g/mol. The lowest BCUT2D eigenvalue weighted by Crippen LogP contribution is -2.17. The van der Waals surface area contributed by atoms with Gasteiger partial charge in [0, 0.05) is 6.07 Å². The lowest BCUT2D eigenvalue weighted by atomic mass is 10.1. The molecule has 2 heterocycles. The first-order chi connectivity index (χ1) is 16.8. The summed E-state index contributed by atoms with van der Waals surface area (Å²) < 4.78 is 34.6. The molecule has 12 heteroatoms. The van der Waals surface area contributed by atoms with Crippen LogP contribution in [0.2, 0.25) is 5.02 Å². The number of nitrogens with zero attached hydrogens (tertiary/aromatic N) is 3. The number of methoxy groups -OCH3 is 1. The van der Waals surface area contributed by atoms with Gasteiger partial charge in [-0.1, -0.05) is 29.0 Å². The summed E-state index contributed by atoms with van der Waals surface area (Å²) in [6, 6.07) is 12.7. The summed E-state index contributed by atoms with van der Waals surface area (Å²) in [5.74, 6) is -1.44. The normalized spacial score (nSPS) is 11.1. The minimum atomic E-state index is -0.639. The fourth-order valence-corrected chi connectivity index (χ4v) is 4.59. The molecule has 3 aromatic carbocycles. The molecule has 0 atom stereocenters. The molecule has 0 fully saturated rings. The number of carbonyl (C=O) groups excluding carboxylic acids is 1. The van der Waals surface area contributed by atoms with Gasteiger partial charge in [-0.25, -0.2) is 18.6 Å². The van der Waals surface area contributed by atoms with Gasteiger partial charge in [-0.05, 0) is 42.5 Å². The number of thiazole rings is 1. The van der Waals surface area contributed by atoms with Crippen LogP contribution < -0.4 is 15.7 Å². The van der Waals surface area contributed by atoms with Crippen LogP contribution in [0.25, 0.3) is 27.3 Å². The van der Waals surface area contributed by atoms with Crippen LogP contribution in [0.5, 0.6) is 5.75 Å². The molecule has 0 aliphatic heterocycles. The van der Waals surface area contributed by atoms with Crippen molar-refractivity contribution in [3.63, 3.8) is 0 Å². The molecule has 2 N–H and O–H groups in total. The largest absolute Gasteiger partial charge is 0.496 e. The first-order valence-electron chi connectivity index (χ1n) is 10.0. The molecule has 35 heavy (non-hydrogen) atoms. The zero-order valence-electron chi connectivity index (χ0n) is 17.8. The number of anilines is 1. The molecular formula is C23H14ClF2N5O3S. The summed E-state index contributed by atoms with van der Waals surface area (Å²) in [6.07, 6.45) is 0. The molecule has 176 valence electrons. The van der Waals surface area contributed by atoms with Crippen LogP contribution >= 0.6 is 22.9 Å². The third-order valence-corrected chi connectivity index (χ3v) is 6.31. The van der Waals surface area contributed by atoms with Crippen LogP contribution in [0.1, 0.15) is 10.4 Å². The highest BCUT2D eigenvalue weighted by Gasteiger charge is 2.19. The maximum atomic E-state index is 14.3. The van der Waals surface area contributed by atoms with Crippen molar-refractivity contribution in [2.75, 3.05) is 12.4 Å². The van der Waals surface area contributed by atoms with E-state index in [1.54, 1.807) is 0 Å². The molecule has 0 aliphatic carbocycles. The third-order valence-electron chi connectivity index (χ3n) is 5.06. The van der Waals surface area contributed by atoms with E-state index < -0.39 is 23.2 Å². The standard InChI is InChI=1S/C23H14ClF2N5O3S/c1-34-17-10-12(31-23(33)28-20(30-31)19-14(24)3-2-4-15(19)26)6-7-13(17)21(32)29-22-27-16-8-5-11(25)9-18(16)35-22/h2-10H,1H3,(H,27,29,32)(H,28,30,33). The van der Waals surface area contributed by atoms with Gasteiger partial charge in [-0.3, -0.25) is 15.1 Å². The predicted octanol–water partition coefficient (Wildman–Crippen LogP) is 5.03. The molecule has 1 amide bonds. The number of rotatable bonds is 5. The minimum Gasteiger partial charge on any atom is -0.496 e. The highest BCUT2D eigenvalue weighted by molar-refractivity contribution is 7.22. The number of aromatic nitrogens is 4. The van der Waals surface area contributed by atoms with Crippen molar-refractivity contribution in [3.8, 4) is 22.8 Å². The summed E-state index contributed by atoms with van der Waals surface area (Å²) in [6.45, 7) is 0. The van der Waals surface area contributed by atoms with Gasteiger partial charge in [0.05, 0.1) is 39.2 Å². The lowest BCUT2D eigenvalue weighted by molar-refractivity contribution is 0.102. The Labute approximate surface area is 204 Å². The number of amides is 1. The molecule has 0 bridgehead atoms. The average molecular weight is 514 g/mol. The summed E-state index contributed by atoms with van der Waals surface area (Å²) in [7, 11) is 1.37. The number of hydrogen-bond acceptors (Lipinski definition) is 6. The van der Waals surface area contributed by atoms with E-state index in [1.807, 2.05) is 0 Å². The van der Waals surface area contributed by atoms with Crippen molar-refractivity contribution in [2.45, 2.75) is 0 Å². The van der Waals surface area contributed by atoms with Crippen molar-refractivity contribution < 1.29 is 18.3 Å². The molecule has 0 saturated carbocycles. The molecule has 0 saturated heterocycles. The van der Waals surface area contributed by atoms with E-state index in [2.05, 4.69) is 20.4 Å². The number of H-pyrrole nitrogens is 1. The zero-order chi connectivity index (χ0) is 24.7. The van der Waals surface area contributed by atoms with Crippen LogP contribution in [0.4, 0.5) is 13.9 Å². The second-order valence-corrected chi connectivity index (χ2v) is 8.69. The van der Waals surface area contributed by atoms with E-state index in [0.29, 0.717) is 10.2 Å². The third kappa shape index (κ3) is 4.27. The van der Waals surface area contributed by atoms with Gasteiger partial charge in [0.15, 0.2) is 11.0 Å². The van der Waals surface area contributed by atoms with Crippen molar-refractivity contribution in [2.24, 2.45) is 0 Å². The Balaban J connectivity index is 1.46. The number of fused-ring (bicyclic) bond motifs is 1. The second kappa shape index (κ2) is 8.93. The number of carbonyl (C=O) groups is 1. The molecule has 8 nitrogen and oxygen atoms in total. The molecule has 0 radical (unpaired) electrons. The van der Waals surface area contributed by atoms with Crippen molar-refractivity contribution in [3.05, 3.63) is 87.3 Å². The minimum absolute atomic E-state index is 0.0382. The number of benzene rings is 3. The first-order valence-corrected chi connectivity index (χ1v) is 11.2. The van der Waals surface area contributed by atoms with Gasteiger partial charge in [0.2, 0.25) is 0 Å². The van der Waals surface area contributed by atoms with Crippen LogP contribution in [0.15, 0.2) is 59.4 Å². The lowest BCUT2D eigenvalue weighted by Gasteiger charge is -2.10. The Kier molecular flexibility index (Phi) is 5.79. The number of ether oxygens (including phenoxy) is 1. The Hall–Kier alpha value is -4.09. The molecule has 0 spiro atoms. The highest BCUT2D eigenvalue weighted by atomic mass is 35.5. The van der Waals surface area contributed by atoms with Crippen LogP contribution in [-0.4, -0.2) is 32.8 Å². The smallest absolute Gasteiger partial charge is 0.348 e.